The normalized spacial score (nSPS) is 23.5. The zero-order chi connectivity index (χ0) is 12.7. The van der Waals surface area contributed by atoms with Crippen LogP contribution in [0.3, 0.4) is 0 Å². The number of aromatic nitrogens is 2. The lowest BCUT2D eigenvalue weighted by Crippen LogP contribution is -2.35. The van der Waals surface area contributed by atoms with Crippen LogP contribution in [0, 0.1) is 17.0 Å². The Balaban J connectivity index is 2.83. The summed E-state index contributed by atoms with van der Waals surface area (Å²) in [6.45, 7) is 1.68. The van der Waals surface area contributed by atoms with Gasteiger partial charge in [-0.1, -0.05) is 47.8 Å². The van der Waals surface area contributed by atoms with Gasteiger partial charge in [0.25, 0.3) is 11.4 Å². The highest BCUT2D eigenvalue weighted by molar-refractivity contribution is 9.09. The van der Waals surface area contributed by atoms with Crippen LogP contribution in [0.5, 0.6) is 0 Å². The molecule has 1 aliphatic rings. The Kier molecular flexibility index (Phi) is 3.99. The minimum Gasteiger partial charge on any atom is -0.805 e. The van der Waals surface area contributed by atoms with Crippen LogP contribution < -0.4 is 4.43 Å². The van der Waals surface area contributed by atoms with E-state index in [2.05, 4.69) is 47.8 Å². The van der Waals surface area contributed by atoms with Crippen molar-refractivity contribution in [1.29, 1.82) is 0 Å². The van der Waals surface area contributed by atoms with E-state index in [0.29, 0.717) is 28.1 Å². The number of alkyl halides is 3. The molecule has 1 heterocycles. The number of hydrogen-bond acceptors (Lipinski definition) is 2. The van der Waals surface area contributed by atoms with Gasteiger partial charge in [0.15, 0.2) is 0 Å². The average molecular weight is 431 g/mol. The maximum atomic E-state index is 12.3. The molecule has 1 aromatic heterocycles. The molecule has 7 heteroatoms. The van der Waals surface area contributed by atoms with Gasteiger partial charge in [-0.05, 0) is 19.8 Å². The summed E-state index contributed by atoms with van der Waals surface area (Å²) in [5, 5.41) is 12.6. The summed E-state index contributed by atoms with van der Waals surface area (Å²) in [5.41, 5.74) is 2.01. The van der Waals surface area contributed by atoms with E-state index in [0.717, 1.165) is 22.0 Å². The van der Waals surface area contributed by atoms with Crippen LogP contribution in [-0.4, -0.2) is 4.73 Å². The van der Waals surface area contributed by atoms with E-state index in [1.807, 2.05) is 0 Å². The molecule has 0 saturated heterocycles. The second-order valence-electron chi connectivity index (χ2n) is 4.04. The van der Waals surface area contributed by atoms with Gasteiger partial charge in [0.2, 0.25) is 0 Å². The highest BCUT2D eigenvalue weighted by Crippen LogP contribution is 2.43. The third kappa shape index (κ3) is 2.10. The first-order valence-corrected chi connectivity index (χ1v) is 8.16. The van der Waals surface area contributed by atoms with Gasteiger partial charge in [-0.25, -0.2) is 0 Å². The summed E-state index contributed by atoms with van der Waals surface area (Å²) in [6.07, 6.45) is 1.69. The van der Waals surface area contributed by atoms with Gasteiger partial charge in [0.1, 0.15) is 10.5 Å². The summed E-state index contributed by atoms with van der Waals surface area (Å²) < 4.78 is 1.77. The van der Waals surface area contributed by atoms with Crippen molar-refractivity contribution in [3.05, 3.63) is 32.9 Å². The van der Waals surface area contributed by atoms with Gasteiger partial charge in [-0.15, -0.1) is 0 Å². The molecule has 1 aliphatic carbocycles. The van der Waals surface area contributed by atoms with Crippen molar-refractivity contribution >= 4 is 47.8 Å². The Morgan fingerprint density at radius 2 is 2.00 bits per heavy atom. The van der Waals surface area contributed by atoms with Crippen LogP contribution in [-0.2, 0) is 5.33 Å². The number of halogens is 3. The molecule has 0 spiro atoms. The van der Waals surface area contributed by atoms with E-state index in [1.54, 1.807) is 6.92 Å². The van der Waals surface area contributed by atoms with Crippen molar-refractivity contribution in [3.63, 3.8) is 0 Å². The fraction of sp³-hybridized carbons (Fsp3) is 0.600. The third-order valence-electron chi connectivity index (χ3n) is 3.06. The molecular weight excluding hydrogens is 420 g/mol. The predicted molar refractivity (Wildman–Crippen MR) is 76.5 cm³/mol. The first-order valence-electron chi connectivity index (χ1n) is 5.21. The van der Waals surface area contributed by atoms with E-state index >= 15 is 0 Å². The SMILES string of the molecule is Cc1c(CBr)[n+](=O)c2c(n1[O-])[C@@H](Br)CC[C@H]2Br. The molecule has 0 aromatic carbocycles. The molecule has 0 fully saturated rings. The van der Waals surface area contributed by atoms with Crippen LogP contribution in [0.4, 0.5) is 0 Å². The minimum atomic E-state index is -0.0533. The fourth-order valence-corrected chi connectivity index (χ4v) is 4.09. The zero-order valence-corrected chi connectivity index (χ0v) is 13.9. The highest BCUT2D eigenvalue weighted by Gasteiger charge is 2.36. The lowest BCUT2D eigenvalue weighted by Gasteiger charge is -2.28. The van der Waals surface area contributed by atoms with Crippen LogP contribution in [0.15, 0.2) is 0 Å². The number of nitrogens with zero attached hydrogens (tertiary/aromatic N) is 2. The third-order valence-corrected chi connectivity index (χ3v) is 5.38. The molecule has 0 unspecified atom stereocenters. The van der Waals surface area contributed by atoms with Gasteiger partial charge in [-0.3, -0.25) is 0 Å². The monoisotopic (exact) mass is 428 g/mol. The van der Waals surface area contributed by atoms with Crippen molar-refractivity contribution in [3.8, 4) is 0 Å². The average Bonchev–Trinajstić information content (AvgIpc) is 2.30. The number of fused-ring (bicyclic) bond motifs is 1. The molecule has 0 aliphatic heterocycles. The van der Waals surface area contributed by atoms with Crippen LogP contribution in [0.25, 0.3) is 0 Å². The van der Waals surface area contributed by atoms with Crippen molar-refractivity contribution in [2.24, 2.45) is 0 Å². The fourth-order valence-electron chi connectivity index (χ4n) is 2.09. The van der Waals surface area contributed by atoms with Gasteiger partial charge in [0, 0.05) is 4.91 Å². The van der Waals surface area contributed by atoms with Crippen LogP contribution >= 0.6 is 47.8 Å². The van der Waals surface area contributed by atoms with Crippen molar-refractivity contribution in [2.45, 2.75) is 34.7 Å². The quantitative estimate of drug-likeness (QED) is 0.504. The van der Waals surface area contributed by atoms with Gasteiger partial charge in [-0.2, -0.15) is 0 Å². The summed E-state index contributed by atoms with van der Waals surface area (Å²) >= 11 is 10.2. The largest absolute Gasteiger partial charge is 0.805 e. The molecule has 2 rings (SSSR count). The zero-order valence-electron chi connectivity index (χ0n) is 9.12. The minimum absolute atomic E-state index is 0.0490. The first kappa shape index (κ1) is 13.5. The Hall–Kier alpha value is 0.120. The second-order valence-corrected chi connectivity index (χ2v) is 6.81. The van der Waals surface area contributed by atoms with E-state index in [-0.39, 0.29) is 9.65 Å². The van der Waals surface area contributed by atoms with E-state index in [1.165, 1.54) is 0 Å². The molecule has 0 N–H and O–H groups in total. The summed E-state index contributed by atoms with van der Waals surface area (Å²) in [4.78, 5) is 12.2. The molecule has 4 nitrogen and oxygen atoms in total. The molecule has 1 aromatic rings. The number of rotatable bonds is 1. The highest BCUT2D eigenvalue weighted by atomic mass is 79.9. The standard InChI is InChI=1S/C10H11Br3N2O2/c1-5-8(4-11)15(17)10-7(13)3-2-6(12)9(10)14(5)16/h6-7H,2-4H2,1H3/t6-,7+/m0/s1. The Labute approximate surface area is 124 Å². The van der Waals surface area contributed by atoms with Crippen LogP contribution in [0.2, 0.25) is 0 Å². The molecule has 0 radical (unpaired) electrons. The van der Waals surface area contributed by atoms with E-state index < -0.39 is 0 Å². The molecule has 0 saturated carbocycles. The van der Waals surface area contributed by atoms with Crippen molar-refractivity contribution in [2.75, 3.05) is 0 Å². The second kappa shape index (κ2) is 5.01. The molecule has 94 valence electrons. The van der Waals surface area contributed by atoms with E-state index in [9.17, 15) is 10.1 Å². The van der Waals surface area contributed by atoms with Crippen LogP contribution in [0.1, 0.15) is 45.3 Å². The molecule has 2 atom stereocenters. The van der Waals surface area contributed by atoms with Gasteiger partial charge in [0.05, 0.1) is 20.3 Å². The van der Waals surface area contributed by atoms with Crippen molar-refractivity contribution in [1.82, 2.24) is 4.73 Å². The lowest BCUT2D eigenvalue weighted by atomic mass is 9.99. The molecule has 17 heavy (non-hydrogen) atoms. The summed E-state index contributed by atoms with van der Waals surface area (Å²) in [7, 11) is 0. The summed E-state index contributed by atoms with van der Waals surface area (Å²) in [5.74, 6) is 0. The molecule has 0 bridgehead atoms. The van der Waals surface area contributed by atoms with Gasteiger partial charge >= 0.3 is 0 Å². The van der Waals surface area contributed by atoms with Gasteiger partial charge < -0.3 is 9.94 Å². The predicted octanol–water partition coefficient (Wildman–Crippen LogP) is 3.62. The lowest BCUT2D eigenvalue weighted by molar-refractivity contribution is -0.516. The Bertz CT molecular complexity index is 515. The maximum Gasteiger partial charge on any atom is 0.273 e. The number of hydrogen-bond donors (Lipinski definition) is 0. The van der Waals surface area contributed by atoms with E-state index in [4.69, 9.17) is 0 Å². The molecular formula is C10H11Br3N2O2. The van der Waals surface area contributed by atoms with Crippen molar-refractivity contribution < 1.29 is 4.43 Å². The Morgan fingerprint density at radius 1 is 1.41 bits per heavy atom. The first-order chi connectivity index (χ1) is 7.99. The topological polar surface area (TPSA) is 51.0 Å². The smallest absolute Gasteiger partial charge is 0.273 e. The summed E-state index contributed by atoms with van der Waals surface area (Å²) in [6, 6.07) is 0. The molecule has 0 amide bonds. The Morgan fingerprint density at radius 3 is 2.59 bits per heavy atom. The maximum absolute atomic E-state index is 12.3.